The van der Waals surface area contributed by atoms with Crippen LogP contribution in [0.1, 0.15) is 66.7 Å². The van der Waals surface area contributed by atoms with Crippen molar-refractivity contribution in [1.29, 1.82) is 0 Å². The van der Waals surface area contributed by atoms with Gasteiger partial charge < -0.3 is 5.11 Å². The summed E-state index contributed by atoms with van der Waals surface area (Å²) in [6.45, 7) is 11.7. The zero-order valence-electron chi connectivity index (χ0n) is 11.3. The first kappa shape index (κ1) is 15.0. The van der Waals surface area contributed by atoms with Crippen molar-refractivity contribution in [3.8, 4) is 0 Å². The summed E-state index contributed by atoms with van der Waals surface area (Å²) in [6, 6.07) is 0. The summed E-state index contributed by atoms with van der Waals surface area (Å²) in [5.74, 6) is 1.35. The maximum atomic E-state index is 9.72. The molecule has 92 valence electrons. The molecule has 0 saturated carbocycles. The van der Waals surface area contributed by atoms with Crippen LogP contribution >= 0.6 is 0 Å². The molecule has 0 aliphatic rings. The average Bonchev–Trinajstić information content (AvgIpc) is 2.29. The number of hydrogen-bond donors (Lipinski definition) is 1. The summed E-state index contributed by atoms with van der Waals surface area (Å²) < 4.78 is 0. The molecule has 1 heteroatoms. The van der Waals surface area contributed by atoms with Crippen molar-refractivity contribution in [1.82, 2.24) is 0 Å². The lowest BCUT2D eigenvalue weighted by Gasteiger charge is -2.40. The van der Waals surface area contributed by atoms with Gasteiger partial charge in [-0.1, -0.05) is 53.9 Å². The molecule has 1 N–H and O–H groups in total. The van der Waals surface area contributed by atoms with E-state index in [0.29, 0.717) is 18.4 Å². The lowest BCUT2D eigenvalue weighted by atomic mass is 9.66. The minimum atomic E-state index is 0.172. The molecule has 0 bridgehead atoms. The van der Waals surface area contributed by atoms with Gasteiger partial charge in [0.05, 0.1) is 0 Å². The van der Waals surface area contributed by atoms with Crippen molar-refractivity contribution in [3.05, 3.63) is 0 Å². The van der Waals surface area contributed by atoms with Crippen molar-refractivity contribution in [2.75, 3.05) is 6.61 Å². The highest BCUT2D eigenvalue weighted by atomic mass is 16.3. The van der Waals surface area contributed by atoms with Gasteiger partial charge in [0.25, 0.3) is 0 Å². The lowest BCUT2D eigenvalue weighted by molar-refractivity contribution is 0.0263. The predicted octanol–water partition coefficient (Wildman–Crippen LogP) is 4.25. The fraction of sp³-hybridized carbons (Fsp3) is 1.00. The second-order valence-corrected chi connectivity index (χ2v) is 5.15. The molecule has 15 heavy (non-hydrogen) atoms. The first-order valence-electron chi connectivity index (χ1n) is 6.68. The number of aliphatic hydroxyl groups is 1. The van der Waals surface area contributed by atoms with Gasteiger partial charge in [-0.05, 0) is 30.1 Å². The van der Waals surface area contributed by atoms with Crippen LogP contribution in [0, 0.1) is 17.3 Å². The third-order valence-electron chi connectivity index (χ3n) is 4.51. The molecule has 0 aliphatic carbocycles. The molecular weight excluding hydrogens is 184 g/mol. The molecule has 0 aliphatic heterocycles. The highest BCUT2D eigenvalue weighted by molar-refractivity contribution is 4.85. The molecule has 0 rings (SSSR count). The van der Waals surface area contributed by atoms with E-state index in [1.54, 1.807) is 0 Å². The molecular formula is C14H30O. The standard InChI is InChI=1S/C14H30O/c1-6-9-10-14(8-3,11-15)13(5)12(4)7-2/h12-13,15H,6-11H2,1-5H3. The normalized spacial score (nSPS) is 19.6. The number of hydrogen-bond acceptors (Lipinski definition) is 1. The fourth-order valence-corrected chi connectivity index (χ4v) is 2.55. The van der Waals surface area contributed by atoms with Crippen LogP contribution < -0.4 is 0 Å². The third kappa shape index (κ3) is 3.79. The number of aliphatic hydroxyl groups excluding tert-OH is 1. The van der Waals surface area contributed by atoms with E-state index in [2.05, 4.69) is 34.6 Å². The molecule has 3 unspecified atom stereocenters. The molecule has 0 aromatic carbocycles. The average molecular weight is 214 g/mol. The Morgan fingerprint density at radius 3 is 2.07 bits per heavy atom. The van der Waals surface area contributed by atoms with Crippen molar-refractivity contribution < 1.29 is 5.11 Å². The van der Waals surface area contributed by atoms with Gasteiger partial charge in [0.2, 0.25) is 0 Å². The lowest BCUT2D eigenvalue weighted by Crippen LogP contribution is -2.35. The van der Waals surface area contributed by atoms with Gasteiger partial charge in [0.15, 0.2) is 0 Å². The van der Waals surface area contributed by atoms with Crippen LogP contribution in [0.4, 0.5) is 0 Å². The Hall–Kier alpha value is -0.0400. The maximum absolute atomic E-state index is 9.72. The smallest absolute Gasteiger partial charge is 0.0489 e. The van der Waals surface area contributed by atoms with Crippen LogP contribution in [-0.4, -0.2) is 11.7 Å². The molecule has 0 saturated heterocycles. The minimum absolute atomic E-state index is 0.172. The zero-order chi connectivity index (χ0) is 11.9. The first-order chi connectivity index (χ1) is 7.07. The summed E-state index contributed by atoms with van der Waals surface area (Å²) in [7, 11) is 0. The minimum Gasteiger partial charge on any atom is -0.396 e. The van der Waals surface area contributed by atoms with Crippen molar-refractivity contribution >= 4 is 0 Å². The second-order valence-electron chi connectivity index (χ2n) is 5.15. The maximum Gasteiger partial charge on any atom is 0.0489 e. The van der Waals surface area contributed by atoms with Gasteiger partial charge >= 0.3 is 0 Å². The quantitative estimate of drug-likeness (QED) is 0.640. The zero-order valence-corrected chi connectivity index (χ0v) is 11.3. The van der Waals surface area contributed by atoms with E-state index in [9.17, 15) is 5.11 Å². The van der Waals surface area contributed by atoms with E-state index in [4.69, 9.17) is 0 Å². The highest BCUT2D eigenvalue weighted by Crippen LogP contribution is 2.41. The highest BCUT2D eigenvalue weighted by Gasteiger charge is 2.35. The van der Waals surface area contributed by atoms with Crippen LogP contribution in [0.5, 0.6) is 0 Å². The third-order valence-corrected chi connectivity index (χ3v) is 4.51. The van der Waals surface area contributed by atoms with Crippen LogP contribution in [0.3, 0.4) is 0 Å². The molecule has 0 aromatic heterocycles. The van der Waals surface area contributed by atoms with Gasteiger partial charge in [-0.3, -0.25) is 0 Å². The van der Waals surface area contributed by atoms with Crippen molar-refractivity contribution in [2.45, 2.75) is 66.7 Å². The van der Waals surface area contributed by atoms with Crippen LogP contribution in [0.25, 0.3) is 0 Å². The molecule has 0 spiro atoms. The van der Waals surface area contributed by atoms with Gasteiger partial charge in [0.1, 0.15) is 0 Å². The van der Waals surface area contributed by atoms with Gasteiger partial charge in [-0.2, -0.15) is 0 Å². The Labute approximate surface area is 96.3 Å². The Morgan fingerprint density at radius 1 is 1.13 bits per heavy atom. The summed E-state index contributed by atoms with van der Waals surface area (Å²) >= 11 is 0. The van der Waals surface area contributed by atoms with Crippen LogP contribution in [0.2, 0.25) is 0 Å². The van der Waals surface area contributed by atoms with Crippen molar-refractivity contribution in [3.63, 3.8) is 0 Å². The van der Waals surface area contributed by atoms with E-state index >= 15 is 0 Å². The van der Waals surface area contributed by atoms with E-state index < -0.39 is 0 Å². The topological polar surface area (TPSA) is 20.2 Å². The van der Waals surface area contributed by atoms with E-state index in [1.165, 1.54) is 25.7 Å². The molecule has 0 aromatic rings. The summed E-state index contributed by atoms with van der Waals surface area (Å²) in [4.78, 5) is 0. The van der Waals surface area contributed by atoms with Crippen LogP contribution in [0.15, 0.2) is 0 Å². The van der Waals surface area contributed by atoms with Gasteiger partial charge in [-0.25, -0.2) is 0 Å². The molecule has 0 amide bonds. The van der Waals surface area contributed by atoms with Crippen LogP contribution in [-0.2, 0) is 0 Å². The van der Waals surface area contributed by atoms with Gasteiger partial charge in [-0.15, -0.1) is 0 Å². The van der Waals surface area contributed by atoms with Gasteiger partial charge in [0, 0.05) is 6.61 Å². The Balaban J connectivity index is 4.58. The predicted molar refractivity (Wildman–Crippen MR) is 68.0 cm³/mol. The van der Waals surface area contributed by atoms with E-state index in [1.807, 2.05) is 0 Å². The Morgan fingerprint density at radius 2 is 1.73 bits per heavy atom. The largest absolute Gasteiger partial charge is 0.396 e. The molecule has 0 fully saturated rings. The summed E-state index contributed by atoms with van der Waals surface area (Å²) in [5.41, 5.74) is 0.172. The second kappa shape index (κ2) is 7.27. The molecule has 0 heterocycles. The number of unbranched alkanes of at least 4 members (excludes halogenated alkanes) is 1. The summed E-state index contributed by atoms with van der Waals surface area (Å²) in [5, 5.41) is 9.72. The molecule has 1 nitrogen and oxygen atoms in total. The SMILES string of the molecule is CCCCC(CC)(CO)C(C)C(C)CC. The van der Waals surface area contributed by atoms with E-state index in [0.717, 1.165) is 6.42 Å². The number of rotatable bonds is 8. The monoisotopic (exact) mass is 214 g/mol. The molecule has 3 atom stereocenters. The van der Waals surface area contributed by atoms with Crippen molar-refractivity contribution in [2.24, 2.45) is 17.3 Å². The molecule has 0 radical (unpaired) electrons. The Kier molecular flexibility index (Phi) is 7.25. The summed E-state index contributed by atoms with van der Waals surface area (Å²) in [6.07, 6.45) is 5.98. The Bertz CT molecular complexity index is 149. The van der Waals surface area contributed by atoms with E-state index in [-0.39, 0.29) is 5.41 Å². The first-order valence-corrected chi connectivity index (χ1v) is 6.68. The fourth-order valence-electron chi connectivity index (χ4n) is 2.55.